The van der Waals surface area contributed by atoms with Gasteiger partial charge in [0.1, 0.15) is 0 Å². The van der Waals surface area contributed by atoms with E-state index in [9.17, 15) is 5.11 Å². The van der Waals surface area contributed by atoms with Crippen LogP contribution in [-0.4, -0.2) is 5.90 Å². The first-order valence-electron chi connectivity index (χ1n) is 5.94. The number of rotatable bonds is 2. The van der Waals surface area contributed by atoms with Crippen LogP contribution < -0.4 is 5.11 Å². The third kappa shape index (κ3) is 1.93. The van der Waals surface area contributed by atoms with Crippen LogP contribution >= 0.6 is 0 Å². The number of nitrogens with zero attached hydrogens (tertiary/aromatic N) is 1. The second kappa shape index (κ2) is 4.49. The molecule has 1 aliphatic rings. The lowest BCUT2D eigenvalue weighted by atomic mass is 10.0. The normalized spacial score (nSPS) is 15.1. The molecule has 2 heteroatoms. The highest BCUT2D eigenvalue weighted by atomic mass is 16.3. The molecule has 0 amide bonds. The van der Waals surface area contributed by atoms with Crippen LogP contribution in [0.25, 0.3) is 10.8 Å². The highest BCUT2D eigenvalue weighted by molar-refractivity contribution is 6.05. The van der Waals surface area contributed by atoms with Gasteiger partial charge in [-0.05, 0) is 28.3 Å². The van der Waals surface area contributed by atoms with Crippen molar-refractivity contribution in [3.8, 4) is 0 Å². The fourth-order valence-corrected chi connectivity index (χ4v) is 2.12. The zero-order valence-electron chi connectivity index (χ0n) is 9.84. The third-order valence-corrected chi connectivity index (χ3v) is 3.02. The number of benzene rings is 2. The van der Waals surface area contributed by atoms with Gasteiger partial charge in [-0.2, -0.15) is 0 Å². The predicted molar refractivity (Wildman–Crippen MR) is 72.3 cm³/mol. The first kappa shape index (κ1) is 10.8. The summed E-state index contributed by atoms with van der Waals surface area (Å²) in [6, 6.07) is 13.6. The molecular weight excluding hydrogens is 222 g/mol. The van der Waals surface area contributed by atoms with Crippen molar-refractivity contribution in [1.29, 1.82) is 0 Å². The maximum Gasteiger partial charge on any atom is 0.0434 e. The molecule has 0 radical (unpaired) electrons. The molecule has 0 atom stereocenters. The fourth-order valence-electron chi connectivity index (χ4n) is 2.12. The van der Waals surface area contributed by atoms with Gasteiger partial charge in [-0.25, -0.2) is 0 Å². The van der Waals surface area contributed by atoms with Crippen LogP contribution in [0.4, 0.5) is 0 Å². The van der Waals surface area contributed by atoms with E-state index in [0.29, 0.717) is 5.56 Å². The van der Waals surface area contributed by atoms with Crippen molar-refractivity contribution in [2.75, 3.05) is 0 Å². The van der Waals surface area contributed by atoms with Crippen LogP contribution in [0.2, 0.25) is 0 Å². The summed E-state index contributed by atoms with van der Waals surface area (Å²) in [5, 5.41) is 14.2. The number of hydrogen-bond acceptors (Lipinski definition) is 2. The van der Waals surface area contributed by atoms with Crippen LogP contribution in [0.3, 0.4) is 0 Å². The van der Waals surface area contributed by atoms with E-state index < -0.39 is 0 Å². The second-order valence-electron chi connectivity index (χ2n) is 4.23. The van der Waals surface area contributed by atoms with E-state index in [-0.39, 0.29) is 5.90 Å². The third-order valence-electron chi connectivity index (χ3n) is 3.02. The average Bonchev–Trinajstić information content (AvgIpc) is 2.91. The summed E-state index contributed by atoms with van der Waals surface area (Å²) in [6.07, 6.45) is 6.55. The van der Waals surface area contributed by atoms with Gasteiger partial charge in [0, 0.05) is 12.1 Å². The predicted octanol–water partition coefficient (Wildman–Crippen LogP) is 2.79. The zero-order chi connectivity index (χ0) is 12.4. The van der Waals surface area contributed by atoms with E-state index in [0.717, 1.165) is 22.9 Å². The van der Waals surface area contributed by atoms with Crippen molar-refractivity contribution < 1.29 is 5.11 Å². The maximum absolute atomic E-state index is 12.2. The zero-order valence-corrected chi connectivity index (χ0v) is 9.84. The van der Waals surface area contributed by atoms with Crippen molar-refractivity contribution in [1.82, 2.24) is 0 Å². The average molecular weight is 234 g/mol. The molecule has 0 N–H and O–H groups in total. The molecule has 0 aromatic heterocycles. The topological polar surface area (TPSA) is 35.4 Å². The molecule has 0 unspecified atom stereocenters. The Morgan fingerprint density at radius 2 is 1.89 bits per heavy atom. The monoisotopic (exact) mass is 234 g/mol. The summed E-state index contributed by atoms with van der Waals surface area (Å²) < 4.78 is 0. The van der Waals surface area contributed by atoms with Crippen LogP contribution in [0.15, 0.2) is 71.4 Å². The molecule has 0 fully saturated rings. The maximum atomic E-state index is 12.2. The highest BCUT2D eigenvalue weighted by Gasteiger charge is 2.01. The molecule has 2 aromatic carbocycles. The molecule has 2 nitrogen and oxygen atoms in total. The molecule has 0 bridgehead atoms. The Kier molecular flexibility index (Phi) is 2.69. The first-order chi connectivity index (χ1) is 8.84. The highest BCUT2D eigenvalue weighted by Crippen LogP contribution is 2.19. The lowest BCUT2D eigenvalue weighted by Crippen LogP contribution is -2.19. The van der Waals surface area contributed by atoms with Gasteiger partial charge in [0.05, 0.1) is 0 Å². The molecule has 88 valence electrons. The van der Waals surface area contributed by atoms with E-state index in [1.54, 1.807) is 0 Å². The quantitative estimate of drug-likeness (QED) is 0.581. The van der Waals surface area contributed by atoms with Gasteiger partial charge in [-0.1, -0.05) is 54.6 Å². The van der Waals surface area contributed by atoms with Gasteiger partial charge in [0.25, 0.3) is 0 Å². The summed E-state index contributed by atoms with van der Waals surface area (Å²) in [5.41, 5.74) is 1.49. The van der Waals surface area contributed by atoms with Crippen molar-refractivity contribution in [2.45, 2.75) is 6.42 Å². The summed E-state index contributed by atoms with van der Waals surface area (Å²) in [7, 11) is 0. The molecule has 0 spiro atoms. The first-order valence-corrected chi connectivity index (χ1v) is 5.94. The molecular formula is C16H12NO-. The van der Waals surface area contributed by atoms with Crippen LogP contribution in [0, 0.1) is 0 Å². The minimum absolute atomic E-state index is 0.165. The SMILES string of the molecule is [O-]C(=NC1=CC=CC1)c1cccc2ccccc12. The molecule has 0 saturated heterocycles. The number of aliphatic imine (C=N–C) groups is 1. The van der Waals surface area contributed by atoms with E-state index in [1.807, 2.05) is 60.7 Å². The Labute approximate surface area is 106 Å². The molecule has 0 saturated carbocycles. The van der Waals surface area contributed by atoms with Crippen molar-refractivity contribution in [3.63, 3.8) is 0 Å². The number of hydrogen-bond donors (Lipinski definition) is 0. The Hall–Kier alpha value is -2.35. The Bertz CT molecular complexity index is 675. The lowest BCUT2D eigenvalue weighted by molar-refractivity contribution is -0.212. The van der Waals surface area contributed by atoms with E-state index in [1.165, 1.54) is 0 Å². The summed E-state index contributed by atoms with van der Waals surface area (Å²) >= 11 is 0. The van der Waals surface area contributed by atoms with Crippen LogP contribution in [0.1, 0.15) is 12.0 Å². The minimum atomic E-state index is -0.165. The van der Waals surface area contributed by atoms with Gasteiger partial charge in [-0.15, -0.1) is 0 Å². The number of allylic oxidation sites excluding steroid dienone is 3. The smallest absolute Gasteiger partial charge is 0.0434 e. The molecule has 3 rings (SSSR count). The van der Waals surface area contributed by atoms with Gasteiger partial charge < -0.3 is 5.11 Å². The molecule has 18 heavy (non-hydrogen) atoms. The fraction of sp³-hybridized carbons (Fsp3) is 0.0625. The standard InChI is InChI=1S/C16H13NO/c18-16(17-13-8-2-3-9-13)15-11-5-7-12-6-1-4-10-14(12)15/h1-8,10-11H,9H2,(H,17,18)/p-1. The van der Waals surface area contributed by atoms with Crippen molar-refractivity contribution in [2.24, 2.45) is 4.99 Å². The van der Waals surface area contributed by atoms with Crippen LogP contribution in [0.5, 0.6) is 0 Å². The van der Waals surface area contributed by atoms with E-state index >= 15 is 0 Å². The Morgan fingerprint density at radius 1 is 1.06 bits per heavy atom. The summed E-state index contributed by atoms with van der Waals surface area (Å²) in [5.74, 6) is -0.165. The van der Waals surface area contributed by atoms with Crippen LogP contribution in [-0.2, 0) is 0 Å². The van der Waals surface area contributed by atoms with E-state index in [2.05, 4.69) is 4.99 Å². The van der Waals surface area contributed by atoms with Crippen molar-refractivity contribution in [3.05, 3.63) is 72.0 Å². The Balaban J connectivity index is 2.09. The van der Waals surface area contributed by atoms with Gasteiger partial charge in [-0.3, -0.25) is 4.99 Å². The largest absolute Gasteiger partial charge is 0.858 e. The second-order valence-corrected chi connectivity index (χ2v) is 4.23. The lowest BCUT2D eigenvalue weighted by Gasteiger charge is -2.14. The molecule has 2 aromatic rings. The summed E-state index contributed by atoms with van der Waals surface area (Å²) in [6.45, 7) is 0. The van der Waals surface area contributed by atoms with Gasteiger partial charge >= 0.3 is 0 Å². The van der Waals surface area contributed by atoms with E-state index in [4.69, 9.17) is 0 Å². The van der Waals surface area contributed by atoms with Gasteiger partial charge in [0.2, 0.25) is 0 Å². The Morgan fingerprint density at radius 3 is 2.72 bits per heavy atom. The number of fused-ring (bicyclic) bond motifs is 1. The molecule has 0 heterocycles. The minimum Gasteiger partial charge on any atom is -0.858 e. The van der Waals surface area contributed by atoms with Crippen molar-refractivity contribution >= 4 is 16.7 Å². The molecule has 1 aliphatic carbocycles. The van der Waals surface area contributed by atoms with Gasteiger partial charge in [0.15, 0.2) is 0 Å². The summed E-state index contributed by atoms with van der Waals surface area (Å²) in [4.78, 5) is 4.16. The molecule has 0 aliphatic heterocycles.